The second-order valence-corrected chi connectivity index (χ2v) is 9.14. The number of methoxy groups -OCH3 is 1. The van der Waals surface area contributed by atoms with E-state index in [1.807, 2.05) is 12.1 Å². The van der Waals surface area contributed by atoms with E-state index in [1.54, 1.807) is 18.2 Å². The first-order valence-corrected chi connectivity index (χ1v) is 11.8. The fraction of sp³-hybridized carbons (Fsp3) is 0.360. The summed E-state index contributed by atoms with van der Waals surface area (Å²) in [5.74, 6) is -0.624. The number of amides is 1. The third-order valence-corrected chi connectivity index (χ3v) is 6.62. The van der Waals surface area contributed by atoms with Gasteiger partial charge < -0.3 is 20.9 Å². The Labute approximate surface area is 210 Å². The third-order valence-electron chi connectivity index (χ3n) is 6.62. The number of alkyl halides is 2. The molecule has 2 aliphatic heterocycles. The average Bonchev–Trinajstić information content (AvgIpc) is 3.55. The number of anilines is 1. The number of hydrogen-bond donors (Lipinski definition) is 4. The lowest BCUT2D eigenvalue weighted by Crippen LogP contribution is -2.44. The van der Waals surface area contributed by atoms with Crippen molar-refractivity contribution in [2.75, 3.05) is 19.4 Å². The molecule has 3 atom stereocenters. The summed E-state index contributed by atoms with van der Waals surface area (Å²) in [5.41, 5.74) is 14.1. The number of nitrogen functional groups attached to an aromatic ring is 1. The molecule has 2 saturated heterocycles. The van der Waals surface area contributed by atoms with Crippen LogP contribution in [0.5, 0.6) is 5.75 Å². The molecule has 0 bridgehead atoms. The molecule has 2 aromatic carbocycles. The van der Waals surface area contributed by atoms with Crippen molar-refractivity contribution >= 4 is 11.7 Å². The molecule has 1 aromatic heterocycles. The Bertz CT molecular complexity index is 1310. The number of nitrogens with zero attached hydrogens (tertiary/aromatic N) is 2. The summed E-state index contributed by atoms with van der Waals surface area (Å²) < 4.78 is 53.7. The van der Waals surface area contributed by atoms with E-state index in [2.05, 4.69) is 15.7 Å². The van der Waals surface area contributed by atoms with E-state index in [-0.39, 0.29) is 41.8 Å². The van der Waals surface area contributed by atoms with Crippen molar-refractivity contribution in [3.63, 3.8) is 0 Å². The van der Waals surface area contributed by atoms with Crippen LogP contribution in [0.15, 0.2) is 42.5 Å². The molecule has 2 aliphatic rings. The Kier molecular flexibility index (Phi) is 6.56. The van der Waals surface area contributed by atoms with Crippen molar-refractivity contribution in [3.8, 4) is 17.0 Å². The van der Waals surface area contributed by atoms with Gasteiger partial charge in [0, 0.05) is 30.6 Å². The van der Waals surface area contributed by atoms with Crippen LogP contribution >= 0.6 is 0 Å². The van der Waals surface area contributed by atoms with Crippen LogP contribution in [-0.4, -0.2) is 41.6 Å². The summed E-state index contributed by atoms with van der Waals surface area (Å²) >= 11 is 0. The highest BCUT2D eigenvalue weighted by Crippen LogP contribution is 2.42. The molecule has 6 N–H and O–H groups in total. The Morgan fingerprint density at radius 1 is 1.30 bits per heavy atom. The number of piperidine rings is 1. The van der Waals surface area contributed by atoms with Crippen LogP contribution in [0.2, 0.25) is 0 Å². The minimum atomic E-state index is -3.05. The minimum Gasteiger partial charge on any atom is -0.496 e. The van der Waals surface area contributed by atoms with E-state index in [9.17, 15) is 18.0 Å². The lowest BCUT2D eigenvalue weighted by atomic mass is 10.0. The van der Waals surface area contributed by atoms with Gasteiger partial charge in [0.1, 0.15) is 41.0 Å². The zero-order valence-corrected chi connectivity index (χ0v) is 20.0. The number of hydrogen-bond acceptors (Lipinski definition) is 7. The highest BCUT2D eigenvalue weighted by molar-refractivity contribution is 6.03. The molecule has 1 amide bonds. The molecule has 12 heteroatoms. The van der Waals surface area contributed by atoms with Crippen molar-refractivity contribution in [2.45, 2.75) is 43.8 Å². The number of aromatic nitrogens is 2. The zero-order valence-electron chi connectivity index (χ0n) is 20.0. The first-order valence-electron chi connectivity index (χ1n) is 11.8. The number of primary amides is 1. The van der Waals surface area contributed by atoms with E-state index in [4.69, 9.17) is 20.9 Å². The largest absolute Gasteiger partial charge is 0.496 e. The molecule has 3 aromatic rings. The molecule has 0 aliphatic carbocycles. The summed E-state index contributed by atoms with van der Waals surface area (Å²) in [6, 6.07) is 7.75. The molecular formula is C25H27F3N6O3. The lowest BCUT2D eigenvalue weighted by molar-refractivity contribution is -0.0725. The third kappa shape index (κ3) is 5.13. The Balaban J connectivity index is 1.29. The predicted molar refractivity (Wildman–Crippen MR) is 129 cm³/mol. The van der Waals surface area contributed by atoms with Gasteiger partial charge in [-0.25, -0.2) is 9.07 Å². The van der Waals surface area contributed by atoms with Crippen LogP contribution in [0.25, 0.3) is 11.3 Å². The van der Waals surface area contributed by atoms with Crippen molar-refractivity contribution in [2.24, 2.45) is 5.73 Å². The number of epoxide rings is 1. The van der Waals surface area contributed by atoms with E-state index in [1.165, 1.54) is 23.9 Å². The number of nitrogens with two attached hydrogens (primary N) is 2. The highest BCUT2D eigenvalue weighted by atomic mass is 19.3. The Morgan fingerprint density at radius 3 is 2.73 bits per heavy atom. The topological polar surface area (TPSA) is 133 Å². The number of carbonyl (C=O) groups is 1. The van der Waals surface area contributed by atoms with E-state index >= 15 is 0 Å². The maximum atomic E-state index is 13.9. The number of rotatable bonds is 8. The van der Waals surface area contributed by atoms with E-state index < -0.39 is 24.4 Å². The fourth-order valence-electron chi connectivity index (χ4n) is 4.70. The monoisotopic (exact) mass is 516 g/mol. The predicted octanol–water partition coefficient (Wildman–Crippen LogP) is 3.08. The van der Waals surface area contributed by atoms with Gasteiger partial charge in [-0.05, 0) is 30.2 Å². The van der Waals surface area contributed by atoms with Gasteiger partial charge >= 0.3 is 6.05 Å². The molecule has 3 unspecified atom stereocenters. The van der Waals surface area contributed by atoms with Crippen molar-refractivity contribution in [1.82, 2.24) is 20.4 Å². The number of carbonyl (C=O) groups excluding carboxylic acids is 1. The second-order valence-electron chi connectivity index (χ2n) is 9.14. The minimum absolute atomic E-state index is 0.00554. The fourth-order valence-corrected chi connectivity index (χ4v) is 4.70. The van der Waals surface area contributed by atoms with Crippen LogP contribution < -0.4 is 26.8 Å². The van der Waals surface area contributed by atoms with Gasteiger partial charge in [-0.2, -0.15) is 13.9 Å². The van der Waals surface area contributed by atoms with Crippen LogP contribution in [-0.2, 0) is 11.3 Å². The summed E-state index contributed by atoms with van der Waals surface area (Å²) in [7, 11) is 1.52. The van der Waals surface area contributed by atoms with Crippen LogP contribution in [0.3, 0.4) is 0 Å². The van der Waals surface area contributed by atoms with Gasteiger partial charge in [0.05, 0.1) is 13.2 Å². The molecule has 0 spiro atoms. The lowest BCUT2D eigenvalue weighted by Gasteiger charge is -2.30. The molecule has 9 nitrogen and oxygen atoms in total. The standard InChI is InChI=1S/C25H27F3N6O3/c1-36-18-7-6-15(26)10-17(18)21-24(37-21)31-12-13-2-4-14(5-3-13)20-19(23(30)35)22(29)34(33-20)16-8-9-32-25(27,28)11-16/h2-7,10,16,21,24,31-32H,8-9,11-12,29H2,1H3,(H2,30,35). The van der Waals surface area contributed by atoms with Gasteiger partial charge in [0.2, 0.25) is 0 Å². The van der Waals surface area contributed by atoms with Crippen molar-refractivity contribution < 1.29 is 27.4 Å². The Hall–Kier alpha value is -3.61. The summed E-state index contributed by atoms with van der Waals surface area (Å²) in [5, 5.41) is 9.84. The molecule has 37 heavy (non-hydrogen) atoms. The molecule has 196 valence electrons. The second kappa shape index (κ2) is 9.69. The number of nitrogens with one attached hydrogen (secondary N) is 2. The van der Waals surface area contributed by atoms with Crippen LogP contribution in [0, 0.1) is 5.82 Å². The Morgan fingerprint density at radius 2 is 2.05 bits per heavy atom. The smallest absolute Gasteiger partial charge is 0.304 e. The summed E-state index contributed by atoms with van der Waals surface area (Å²) in [6.07, 6.45) is -0.727. The van der Waals surface area contributed by atoms with E-state index in [0.29, 0.717) is 29.8 Å². The molecule has 5 rings (SSSR count). The average molecular weight is 517 g/mol. The SMILES string of the molecule is COc1ccc(F)cc1C1OC1NCc1ccc(-c2nn(C3CCNC(F)(F)C3)c(N)c2C(N)=O)cc1. The van der Waals surface area contributed by atoms with Crippen LogP contribution in [0.4, 0.5) is 19.0 Å². The molecule has 3 heterocycles. The van der Waals surface area contributed by atoms with E-state index in [0.717, 1.165) is 5.56 Å². The van der Waals surface area contributed by atoms with Crippen molar-refractivity contribution in [3.05, 3.63) is 65.0 Å². The molecular weight excluding hydrogens is 489 g/mol. The maximum Gasteiger partial charge on any atom is 0.304 e. The summed E-state index contributed by atoms with van der Waals surface area (Å²) in [6.45, 7) is 0.556. The molecule has 0 saturated carbocycles. The summed E-state index contributed by atoms with van der Waals surface area (Å²) in [4.78, 5) is 12.2. The number of benzene rings is 2. The number of ether oxygens (including phenoxy) is 2. The first-order chi connectivity index (χ1) is 17.7. The maximum absolute atomic E-state index is 13.9. The molecule has 0 radical (unpaired) electrons. The van der Waals surface area contributed by atoms with Crippen molar-refractivity contribution in [1.29, 1.82) is 0 Å². The zero-order chi connectivity index (χ0) is 26.3. The van der Waals surface area contributed by atoms with Crippen LogP contribution in [0.1, 0.15) is 46.5 Å². The van der Waals surface area contributed by atoms with Gasteiger partial charge in [-0.15, -0.1) is 0 Å². The quantitative estimate of drug-likeness (QED) is 0.267. The van der Waals surface area contributed by atoms with Gasteiger partial charge in [-0.3, -0.25) is 15.4 Å². The van der Waals surface area contributed by atoms with Gasteiger partial charge in [0.25, 0.3) is 5.91 Å². The first kappa shape index (κ1) is 25.1. The number of halogens is 3. The van der Waals surface area contributed by atoms with Gasteiger partial charge in [0.15, 0.2) is 0 Å². The molecule has 2 fully saturated rings. The normalized spacial score (nSPS) is 22.5. The highest BCUT2D eigenvalue weighted by Gasteiger charge is 2.42. The van der Waals surface area contributed by atoms with Gasteiger partial charge in [-0.1, -0.05) is 24.3 Å².